The lowest BCUT2D eigenvalue weighted by Gasteiger charge is -2.30. The lowest BCUT2D eigenvalue weighted by Crippen LogP contribution is -2.45. The number of hydrogen-bond acceptors (Lipinski definition) is 2. The Bertz CT molecular complexity index is 506. The minimum atomic E-state index is 0. The van der Waals surface area contributed by atoms with Crippen LogP contribution in [0.1, 0.15) is 71.0 Å². The molecule has 2 rings (SSSR count). The summed E-state index contributed by atoms with van der Waals surface area (Å²) >= 11 is 0. The highest BCUT2D eigenvalue weighted by Gasteiger charge is 2.21. The number of halogens is 1. The van der Waals surface area contributed by atoms with Crippen LogP contribution in [0.25, 0.3) is 0 Å². The summed E-state index contributed by atoms with van der Waals surface area (Å²) in [6.45, 7) is 9.33. The van der Waals surface area contributed by atoms with Crippen molar-refractivity contribution in [2.24, 2.45) is 10.9 Å². The molecule has 0 atom stereocenters. The van der Waals surface area contributed by atoms with Crippen molar-refractivity contribution in [1.82, 2.24) is 20.2 Å². The smallest absolute Gasteiger partial charge is 0.191 e. The van der Waals surface area contributed by atoms with Gasteiger partial charge in [0.2, 0.25) is 0 Å². The van der Waals surface area contributed by atoms with E-state index < -0.39 is 0 Å². The van der Waals surface area contributed by atoms with Crippen LogP contribution in [0.15, 0.2) is 17.4 Å². The molecule has 0 unspecified atom stereocenters. The van der Waals surface area contributed by atoms with Crippen LogP contribution < -0.4 is 10.6 Å². The van der Waals surface area contributed by atoms with Crippen molar-refractivity contribution in [3.63, 3.8) is 0 Å². The Balaban J connectivity index is 0.00000338. The highest BCUT2D eigenvalue weighted by Crippen LogP contribution is 2.27. The van der Waals surface area contributed by atoms with E-state index in [0.717, 1.165) is 50.2 Å². The molecule has 5 nitrogen and oxygen atoms in total. The molecule has 0 bridgehead atoms. The molecule has 0 saturated heterocycles. The second-order valence-electron chi connectivity index (χ2n) is 7.29. The Labute approximate surface area is 176 Å². The first kappa shape index (κ1) is 23.2. The summed E-state index contributed by atoms with van der Waals surface area (Å²) in [5.74, 6) is 3.05. The van der Waals surface area contributed by atoms with Gasteiger partial charge in [-0.25, -0.2) is 4.98 Å². The molecular weight excluding hydrogens is 437 g/mol. The first-order valence-electron chi connectivity index (χ1n) is 10.3. The standard InChI is InChI=1S/C20H37N5.HI/c1-4-8-18-9-11-19(12-10-18)24-20(21-5-2)23-13-6-7-15-25-16-14-22-17(25)3;/h14,16,18-19H,4-13,15H2,1-3H3,(H2,21,23,24);1H. The van der Waals surface area contributed by atoms with Crippen LogP contribution in [0, 0.1) is 12.8 Å². The van der Waals surface area contributed by atoms with Gasteiger partial charge < -0.3 is 15.2 Å². The summed E-state index contributed by atoms with van der Waals surface area (Å²) in [5, 5.41) is 7.06. The Hall–Kier alpha value is -0.790. The van der Waals surface area contributed by atoms with E-state index in [2.05, 4.69) is 47.2 Å². The highest BCUT2D eigenvalue weighted by atomic mass is 127. The predicted molar refractivity (Wildman–Crippen MR) is 121 cm³/mol. The Morgan fingerprint density at radius 2 is 2.00 bits per heavy atom. The largest absolute Gasteiger partial charge is 0.357 e. The van der Waals surface area contributed by atoms with E-state index >= 15 is 0 Å². The summed E-state index contributed by atoms with van der Waals surface area (Å²) in [7, 11) is 0. The van der Waals surface area contributed by atoms with E-state index in [-0.39, 0.29) is 24.0 Å². The van der Waals surface area contributed by atoms with E-state index in [9.17, 15) is 0 Å². The topological polar surface area (TPSA) is 54.2 Å². The number of imidazole rings is 1. The van der Waals surface area contributed by atoms with Gasteiger partial charge in [0.15, 0.2) is 5.96 Å². The maximum atomic E-state index is 4.77. The second-order valence-corrected chi connectivity index (χ2v) is 7.29. The fourth-order valence-corrected chi connectivity index (χ4v) is 3.74. The number of hydrogen-bond donors (Lipinski definition) is 2. The van der Waals surface area contributed by atoms with Crippen LogP contribution in [0.5, 0.6) is 0 Å². The van der Waals surface area contributed by atoms with Crippen LogP contribution in [0.3, 0.4) is 0 Å². The maximum Gasteiger partial charge on any atom is 0.191 e. The summed E-state index contributed by atoms with van der Waals surface area (Å²) in [6, 6.07) is 0.597. The maximum absolute atomic E-state index is 4.77. The van der Waals surface area contributed by atoms with Gasteiger partial charge in [-0.2, -0.15) is 0 Å². The summed E-state index contributed by atoms with van der Waals surface area (Å²) in [6.07, 6.45) is 14.2. The van der Waals surface area contributed by atoms with Crippen molar-refractivity contribution in [3.8, 4) is 0 Å². The molecule has 1 aliphatic carbocycles. The number of unbranched alkanes of at least 4 members (excludes halogenated alkanes) is 1. The first-order chi connectivity index (χ1) is 12.2. The Kier molecular flexibility index (Phi) is 12.0. The minimum absolute atomic E-state index is 0. The summed E-state index contributed by atoms with van der Waals surface area (Å²) in [4.78, 5) is 9.04. The molecule has 0 spiro atoms. The van der Waals surface area contributed by atoms with E-state index in [1.807, 2.05) is 6.20 Å². The van der Waals surface area contributed by atoms with Crippen molar-refractivity contribution < 1.29 is 0 Å². The minimum Gasteiger partial charge on any atom is -0.357 e. The van der Waals surface area contributed by atoms with E-state index in [0.29, 0.717) is 6.04 Å². The average Bonchev–Trinajstić information content (AvgIpc) is 3.02. The SMILES string of the molecule is CCCC1CCC(NC(=NCCCCn2ccnc2C)NCC)CC1.I. The summed E-state index contributed by atoms with van der Waals surface area (Å²) in [5.41, 5.74) is 0. The van der Waals surface area contributed by atoms with Gasteiger partial charge in [0, 0.05) is 38.1 Å². The highest BCUT2D eigenvalue weighted by molar-refractivity contribution is 14.0. The fourth-order valence-electron chi connectivity index (χ4n) is 3.74. The van der Waals surface area contributed by atoms with Gasteiger partial charge in [0.25, 0.3) is 0 Å². The number of guanidine groups is 1. The first-order valence-corrected chi connectivity index (χ1v) is 10.3. The molecule has 1 aliphatic rings. The fraction of sp³-hybridized carbons (Fsp3) is 0.800. The predicted octanol–water partition coefficient (Wildman–Crippen LogP) is 4.50. The lowest BCUT2D eigenvalue weighted by atomic mass is 9.83. The molecule has 1 fully saturated rings. The van der Waals surface area contributed by atoms with Crippen LogP contribution in [0.2, 0.25) is 0 Å². The van der Waals surface area contributed by atoms with Gasteiger partial charge in [0.05, 0.1) is 0 Å². The molecule has 150 valence electrons. The van der Waals surface area contributed by atoms with Crippen molar-refractivity contribution in [1.29, 1.82) is 0 Å². The third kappa shape index (κ3) is 8.27. The molecule has 26 heavy (non-hydrogen) atoms. The molecule has 1 heterocycles. The van der Waals surface area contributed by atoms with Crippen LogP contribution in [-0.2, 0) is 6.54 Å². The number of nitrogens with zero attached hydrogens (tertiary/aromatic N) is 3. The van der Waals surface area contributed by atoms with Crippen molar-refractivity contribution in [3.05, 3.63) is 18.2 Å². The van der Waals surface area contributed by atoms with Crippen molar-refractivity contribution in [2.75, 3.05) is 13.1 Å². The molecule has 0 amide bonds. The van der Waals surface area contributed by atoms with Gasteiger partial charge >= 0.3 is 0 Å². The molecule has 1 saturated carbocycles. The van der Waals surface area contributed by atoms with Crippen LogP contribution in [-0.4, -0.2) is 34.6 Å². The van der Waals surface area contributed by atoms with E-state index in [1.165, 1.54) is 38.5 Å². The van der Waals surface area contributed by atoms with Crippen LogP contribution >= 0.6 is 24.0 Å². The lowest BCUT2D eigenvalue weighted by molar-refractivity contribution is 0.295. The van der Waals surface area contributed by atoms with Gasteiger partial charge in [-0.15, -0.1) is 24.0 Å². The van der Waals surface area contributed by atoms with Crippen LogP contribution in [0.4, 0.5) is 0 Å². The molecular formula is C20H38IN5. The molecule has 0 radical (unpaired) electrons. The zero-order chi connectivity index (χ0) is 17.9. The molecule has 2 N–H and O–H groups in total. The third-order valence-electron chi connectivity index (χ3n) is 5.23. The number of rotatable bonds is 9. The quantitative estimate of drug-likeness (QED) is 0.239. The number of aromatic nitrogens is 2. The molecule has 0 aliphatic heterocycles. The van der Waals surface area contributed by atoms with E-state index in [1.54, 1.807) is 0 Å². The van der Waals surface area contributed by atoms with Gasteiger partial charge in [-0.05, 0) is 58.3 Å². The third-order valence-corrected chi connectivity index (χ3v) is 5.23. The molecule has 0 aromatic carbocycles. The zero-order valence-electron chi connectivity index (χ0n) is 16.8. The van der Waals surface area contributed by atoms with Gasteiger partial charge in [0.1, 0.15) is 5.82 Å². The van der Waals surface area contributed by atoms with Gasteiger partial charge in [-0.1, -0.05) is 19.8 Å². The second kappa shape index (κ2) is 13.4. The number of aryl methyl sites for hydroxylation is 2. The average molecular weight is 475 g/mol. The normalized spacial score (nSPS) is 20.5. The number of aliphatic imine (C=N–C) groups is 1. The summed E-state index contributed by atoms with van der Waals surface area (Å²) < 4.78 is 2.21. The molecule has 1 aromatic rings. The molecule has 6 heteroatoms. The zero-order valence-corrected chi connectivity index (χ0v) is 19.2. The number of nitrogens with one attached hydrogen (secondary N) is 2. The molecule has 1 aromatic heterocycles. The Morgan fingerprint density at radius 3 is 2.62 bits per heavy atom. The van der Waals surface area contributed by atoms with Crippen molar-refractivity contribution >= 4 is 29.9 Å². The Morgan fingerprint density at radius 1 is 1.23 bits per heavy atom. The monoisotopic (exact) mass is 475 g/mol. The van der Waals surface area contributed by atoms with Crippen molar-refractivity contribution in [2.45, 2.75) is 84.7 Å². The van der Waals surface area contributed by atoms with Gasteiger partial charge in [-0.3, -0.25) is 4.99 Å². The van der Waals surface area contributed by atoms with E-state index in [4.69, 9.17) is 4.99 Å².